The average Bonchev–Trinajstić information content (AvgIpc) is 2.80. The largest absolute Gasteiger partial charge is 0.228 e. The Hall–Kier alpha value is -0.0500. The van der Waals surface area contributed by atoms with Crippen LogP contribution in [-0.2, 0) is 9.84 Å². The predicted octanol–water partition coefficient (Wildman–Crippen LogP) is 3.41. The van der Waals surface area contributed by atoms with Crippen molar-refractivity contribution >= 4 is 9.84 Å². The molecule has 16 heavy (non-hydrogen) atoms. The fourth-order valence-corrected chi connectivity index (χ4v) is 5.27. The third-order valence-electron chi connectivity index (χ3n) is 4.81. The van der Waals surface area contributed by atoms with Crippen molar-refractivity contribution in [2.24, 2.45) is 11.3 Å². The molecule has 0 atom stereocenters. The fraction of sp³-hybridized carbons (Fsp3) is 1.00. The maximum Gasteiger partial charge on any atom is 0.161 e. The van der Waals surface area contributed by atoms with Gasteiger partial charge in [-0.15, -0.1) is 0 Å². The van der Waals surface area contributed by atoms with Crippen molar-refractivity contribution in [3.8, 4) is 0 Å². The highest BCUT2D eigenvalue weighted by atomic mass is 32.2. The lowest BCUT2D eigenvalue weighted by atomic mass is 9.82. The van der Waals surface area contributed by atoms with Gasteiger partial charge in [0.15, 0.2) is 9.84 Å². The van der Waals surface area contributed by atoms with Gasteiger partial charge in [0.1, 0.15) is 0 Å². The zero-order valence-corrected chi connectivity index (χ0v) is 12.5. The molecule has 0 aromatic heterocycles. The molecule has 0 radical (unpaired) electrons. The Balaban J connectivity index is 3.24. The molecule has 0 amide bonds. The van der Waals surface area contributed by atoms with Crippen LogP contribution in [0.4, 0.5) is 0 Å². The van der Waals surface area contributed by atoms with E-state index in [2.05, 4.69) is 0 Å². The van der Waals surface area contributed by atoms with Crippen molar-refractivity contribution in [1.82, 2.24) is 0 Å². The van der Waals surface area contributed by atoms with Gasteiger partial charge in [0, 0.05) is 0 Å². The summed E-state index contributed by atoms with van der Waals surface area (Å²) in [6, 6.07) is 0. The van der Waals surface area contributed by atoms with Crippen molar-refractivity contribution < 1.29 is 8.42 Å². The molecule has 0 heterocycles. The van der Waals surface area contributed by atoms with Gasteiger partial charge in [0.05, 0.1) is 9.49 Å². The third kappa shape index (κ3) is 1.62. The van der Waals surface area contributed by atoms with Gasteiger partial charge in [-0.1, -0.05) is 34.6 Å². The summed E-state index contributed by atoms with van der Waals surface area (Å²) in [6.07, 6.45) is 1.68. The standard InChI is InChI=1S/C13H26O2S/c1-10(2)13(8-9-13)16(14,15)12(6,7)11(3,4)5/h10H,8-9H2,1-7H3. The van der Waals surface area contributed by atoms with E-state index in [9.17, 15) is 8.42 Å². The summed E-state index contributed by atoms with van der Waals surface area (Å²) >= 11 is 0. The summed E-state index contributed by atoms with van der Waals surface area (Å²) in [7, 11) is -3.08. The van der Waals surface area contributed by atoms with E-state index in [0.717, 1.165) is 12.8 Å². The van der Waals surface area contributed by atoms with E-state index >= 15 is 0 Å². The van der Waals surface area contributed by atoms with Crippen LogP contribution in [-0.4, -0.2) is 17.9 Å². The highest BCUT2D eigenvalue weighted by Gasteiger charge is 2.63. The van der Waals surface area contributed by atoms with Gasteiger partial charge >= 0.3 is 0 Å². The average molecular weight is 246 g/mol. The van der Waals surface area contributed by atoms with Crippen LogP contribution in [0.5, 0.6) is 0 Å². The number of rotatable bonds is 3. The lowest BCUT2D eigenvalue weighted by Gasteiger charge is -2.41. The molecular weight excluding hydrogens is 220 g/mol. The number of hydrogen-bond donors (Lipinski definition) is 0. The lowest BCUT2D eigenvalue weighted by Crippen LogP contribution is -2.51. The van der Waals surface area contributed by atoms with Crippen molar-refractivity contribution in [3.05, 3.63) is 0 Å². The minimum Gasteiger partial charge on any atom is -0.228 e. The molecule has 0 unspecified atom stereocenters. The first kappa shape index (κ1) is 14.0. The zero-order valence-electron chi connectivity index (χ0n) is 11.7. The first-order valence-electron chi connectivity index (χ1n) is 6.14. The molecule has 0 N–H and O–H groups in total. The van der Waals surface area contributed by atoms with Crippen molar-refractivity contribution in [2.75, 3.05) is 0 Å². The molecule has 0 aromatic rings. The molecule has 0 aliphatic heterocycles. The molecule has 0 aromatic carbocycles. The molecule has 1 saturated carbocycles. The van der Waals surface area contributed by atoms with Crippen molar-refractivity contribution in [1.29, 1.82) is 0 Å². The molecule has 1 aliphatic carbocycles. The van der Waals surface area contributed by atoms with E-state index in [1.54, 1.807) is 0 Å². The predicted molar refractivity (Wildman–Crippen MR) is 69.3 cm³/mol. The summed E-state index contributed by atoms with van der Waals surface area (Å²) in [5.41, 5.74) is -0.226. The molecule has 1 aliphatic rings. The molecule has 1 fully saturated rings. The molecule has 96 valence electrons. The SMILES string of the molecule is CC(C)C1(S(=O)(=O)C(C)(C)C(C)(C)C)CC1. The summed E-state index contributed by atoms with van der Waals surface area (Å²) in [5, 5.41) is 0. The van der Waals surface area contributed by atoms with E-state index in [-0.39, 0.29) is 11.3 Å². The Bertz CT molecular complexity index is 365. The second-order valence-electron chi connectivity index (χ2n) is 6.98. The Morgan fingerprint density at radius 2 is 1.38 bits per heavy atom. The van der Waals surface area contributed by atoms with Crippen LogP contribution in [0.3, 0.4) is 0 Å². The second kappa shape index (κ2) is 3.47. The van der Waals surface area contributed by atoms with Crippen molar-refractivity contribution in [3.63, 3.8) is 0 Å². The summed E-state index contributed by atoms with van der Waals surface area (Å²) in [5.74, 6) is 0.221. The maximum absolute atomic E-state index is 12.8. The zero-order chi connectivity index (χ0) is 13.0. The lowest BCUT2D eigenvalue weighted by molar-refractivity contribution is 0.296. The highest BCUT2D eigenvalue weighted by Crippen LogP contribution is 2.56. The molecule has 0 spiro atoms. The topological polar surface area (TPSA) is 34.1 Å². The van der Waals surface area contributed by atoms with Crippen LogP contribution in [0, 0.1) is 11.3 Å². The van der Waals surface area contributed by atoms with Crippen LogP contribution in [0.25, 0.3) is 0 Å². The summed E-state index contributed by atoms with van der Waals surface area (Å²) in [6.45, 7) is 13.9. The first-order valence-corrected chi connectivity index (χ1v) is 7.63. The van der Waals surface area contributed by atoms with Gasteiger partial charge in [-0.25, -0.2) is 8.42 Å². The smallest absolute Gasteiger partial charge is 0.161 e. The Morgan fingerprint density at radius 3 is 1.56 bits per heavy atom. The number of hydrogen-bond acceptors (Lipinski definition) is 2. The van der Waals surface area contributed by atoms with E-state index in [4.69, 9.17) is 0 Å². The molecule has 1 rings (SSSR count). The van der Waals surface area contributed by atoms with Crippen LogP contribution in [0.1, 0.15) is 61.3 Å². The quantitative estimate of drug-likeness (QED) is 0.764. The van der Waals surface area contributed by atoms with Crippen LogP contribution in [0.15, 0.2) is 0 Å². The molecule has 0 bridgehead atoms. The summed E-state index contributed by atoms with van der Waals surface area (Å²) < 4.78 is 24.5. The number of sulfone groups is 1. The molecular formula is C13H26O2S. The van der Waals surface area contributed by atoms with Crippen LogP contribution >= 0.6 is 0 Å². The maximum atomic E-state index is 12.8. The minimum absolute atomic E-state index is 0.221. The Kier molecular flexibility index (Phi) is 3.04. The normalized spacial score (nSPS) is 21.2. The third-order valence-corrected chi connectivity index (χ3v) is 8.71. The van der Waals surface area contributed by atoms with E-state index < -0.39 is 19.3 Å². The second-order valence-corrected chi connectivity index (χ2v) is 9.82. The van der Waals surface area contributed by atoms with E-state index in [0.29, 0.717) is 0 Å². The van der Waals surface area contributed by atoms with E-state index in [1.807, 2.05) is 48.5 Å². The van der Waals surface area contributed by atoms with Gasteiger partial charge < -0.3 is 0 Å². The Morgan fingerprint density at radius 1 is 1.00 bits per heavy atom. The Labute approximate surface area is 101 Å². The van der Waals surface area contributed by atoms with E-state index in [1.165, 1.54) is 0 Å². The fourth-order valence-electron chi connectivity index (χ4n) is 2.19. The molecule has 2 nitrogen and oxygen atoms in total. The minimum atomic E-state index is -3.08. The molecule has 3 heteroatoms. The molecule has 0 saturated heterocycles. The van der Waals surface area contributed by atoms with Gasteiger partial charge in [-0.3, -0.25) is 0 Å². The highest BCUT2D eigenvalue weighted by molar-refractivity contribution is 7.94. The van der Waals surface area contributed by atoms with Crippen LogP contribution < -0.4 is 0 Å². The van der Waals surface area contributed by atoms with Gasteiger partial charge in [-0.2, -0.15) is 0 Å². The monoisotopic (exact) mass is 246 g/mol. The summed E-state index contributed by atoms with van der Waals surface area (Å²) in [4.78, 5) is 0. The van der Waals surface area contributed by atoms with Crippen LogP contribution in [0.2, 0.25) is 0 Å². The van der Waals surface area contributed by atoms with Gasteiger partial charge in [-0.05, 0) is 38.0 Å². The van der Waals surface area contributed by atoms with Gasteiger partial charge in [0.2, 0.25) is 0 Å². The first-order chi connectivity index (χ1) is 6.90. The van der Waals surface area contributed by atoms with Gasteiger partial charge in [0.25, 0.3) is 0 Å². The van der Waals surface area contributed by atoms with Crippen molar-refractivity contribution in [2.45, 2.75) is 70.8 Å².